The van der Waals surface area contributed by atoms with E-state index in [0.29, 0.717) is 23.0 Å². The summed E-state index contributed by atoms with van der Waals surface area (Å²) in [6.45, 7) is 22.1. The molecular weight excluding hydrogens is 741 g/mol. The number of allylic oxidation sites excluding steroid dienone is 4. The quantitative estimate of drug-likeness (QED) is 0.136. The molecule has 0 saturated heterocycles. The largest absolute Gasteiger partial charge is 0.453 e. The summed E-state index contributed by atoms with van der Waals surface area (Å²) in [7, 11) is 0. The summed E-state index contributed by atoms with van der Waals surface area (Å²) < 4.78 is 18.5. The number of para-hydroxylation sites is 4. The summed E-state index contributed by atoms with van der Waals surface area (Å²) in [4.78, 5) is 14.1. The van der Waals surface area contributed by atoms with Gasteiger partial charge in [0, 0.05) is 28.7 Å². The van der Waals surface area contributed by atoms with Crippen molar-refractivity contribution < 1.29 is 13.9 Å². The molecule has 0 spiro atoms. The lowest BCUT2D eigenvalue weighted by molar-refractivity contribution is 0.431. The Labute approximate surface area is 351 Å². The molecule has 0 N–H and O–H groups in total. The van der Waals surface area contributed by atoms with Crippen LogP contribution >= 0.6 is 0 Å². The highest BCUT2D eigenvalue weighted by Crippen LogP contribution is 2.44. The van der Waals surface area contributed by atoms with Crippen LogP contribution in [0.1, 0.15) is 23.6 Å². The fourth-order valence-electron chi connectivity index (χ4n) is 7.21. The number of fused-ring (bicyclic) bond motifs is 3. The zero-order valence-corrected chi connectivity index (χ0v) is 33.9. The SMILES string of the molecule is C=CC1=C(C=C)N(c2ccc(C(C)=Nc3cc4oc(-c5ccc(N6C(C=C)=C(C=C)Oc7ccccc76)cc5)nc4cc3C)cc2)c2ccccc2O1.Cc1ccccc1. The van der Waals surface area contributed by atoms with E-state index in [4.69, 9.17) is 23.9 Å². The fourth-order valence-corrected chi connectivity index (χ4v) is 7.21. The molecule has 7 nitrogen and oxygen atoms in total. The monoisotopic (exact) mass is 784 g/mol. The van der Waals surface area contributed by atoms with Gasteiger partial charge in [0.2, 0.25) is 5.89 Å². The lowest BCUT2D eigenvalue weighted by Crippen LogP contribution is -2.23. The molecule has 6 aromatic carbocycles. The summed E-state index contributed by atoms with van der Waals surface area (Å²) in [5, 5.41) is 0. The van der Waals surface area contributed by atoms with Crippen LogP contribution in [0.4, 0.5) is 28.4 Å². The number of rotatable bonds is 9. The molecule has 2 aliphatic heterocycles. The van der Waals surface area contributed by atoms with Gasteiger partial charge in [0.05, 0.1) is 28.5 Å². The minimum absolute atomic E-state index is 0.533. The van der Waals surface area contributed by atoms with E-state index in [2.05, 4.69) is 79.4 Å². The van der Waals surface area contributed by atoms with Gasteiger partial charge in [-0.05, 0) is 123 Å². The van der Waals surface area contributed by atoms with E-state index in [1.807, 2.05) is 117 Å². The lowest BCUT2D eigenvalue weighted by Gasteiger charge is -2.33. The van der Waals surface area contributed by atoms with Gasteiger partial charge in [-0.2, -0.15) is 0 Å². The van der Waals surface area contributed by atoms with Gasteiger partial charge in [0.25, 0.3) is 0 Å². The maximum atomic E-state index is 6.32. The zero-order valence-electron chi connectivity index (χ0n) is 33.9. The maximum absolute atomic E-state index is 6.32. The molecule has 0 unspecified atom stereocenters. The van der Waals surface area contributed by atoms with Crippen LogP contribution in [0.15, 0.2) is 222 Å². The Morgan fingerprint density at radius 2 is 1.12 bits per heavy atom. The van der Waals surface area contributed by atoms with Gasteiger partial charge in [-0.25, -0.2) is 4.98 Å². The average molecular weight is 785 g/mol. The first kappa shape index (κ1) is 38.9. The highest BCUT2D eigenvalue weighted by molar-refractivity contribution is 6.01. The van der Waals surface area contributed by atoms with E-state index in [1.165, 1.54) is 5.56 Å². The van der Waals surface area contributed by atoms with Crippen LogP contribution in [-0.2, 0) is 0 Å². The summed E-state index contributed by atoms with van der Waals surface area (Å²) in [5.41, 5.74) is 12.7. The summed E-state index contributed by atoms with van der Waals surface area (Å²) >= 11 is 0. The Hall–Kier alpha value is -7.90. The Morgan fingerprint density at radius 1 is 0.600 bits per heavy atom. The molecule has 0 saturated carbocycles. The highest BCUT2D eigenvalue weighted by atomic mass is 16.5. The summed E-state index contributed by atoms with van der Waals surface area (Å²) in [6.07, 6.45) is 6.97. The molecular formula is C53H44N4O3. The van der Waals surface area contributed by atoms with E-state index >= 15 is 0 Å². The minimum atomic E-state index is 0.533. The number of oxazole rings is 1. The van der Waals surface area contributed by atoms with Crippen molar-refractivity contribution in [2.45, 2.75) is 20.8 Å². The molecule has 0 atom stereocenters. The molecule has 0 aliphatic carbocycles. The van der Waals surface area contributed by atoms with Crippen LogP contribution in [0.2, 0.25) is 0 Å². The average Bonchev–Trinajstić information content (AvgIpc) is 3.70. The van der Waals surface area contributed by atoms with Crippen molar-refractivity contribution in [1.29, 1.82) is 0 Å². The second-order valence-electron chi connectivity index (χ2n) is 14.2. The molecule has 60 heavy (non-hydrogen) atoms. The van der Waals surface area contributed by atoms with Crippen LogP contribution < -0.4 is 19.3 Å². The number of aromatic nitrogens is 1. The smallest absolute Gasteiger partial charge is 0.227 e. The van der Waals surface area contributed by atoms with Crippen molar-refractivity contribution in [2.24, 2.45) is 4.99 Å². The third-order valence-corrected chi connectivity index (χ3v) is 10.2. The summed E-state index contributed by atoms with van der Waals surface area (Å²) in [5.74, 6) is 3.33. The number of aliphatic imine (C=N–C) groups is 1. The number of aryl methyl sites for hydroxylation is 2. The minimum Gasteiger partial charge on any atom is -0.453 e. The number of benzene rings is 6. The van der Waals surface area contributed by atoms with Crippen molar-refractivity contribution in [3.63, 3.8) is 0 Å². The first-order valence-electron chi connectivity index (χ1n) is 19.6. The molecule has 294 valence electrons. The van der Waals surface area contributed by atoms with Gasteiger partial charge < -0.3 is 23.7 Å². The second kappa shape index (κ2) is 16.9. The molecule has 0 radical (unpaired) electrons. The number of hydrogen-bond acceptors (Lipinski definition) is 7. The number of ether oxygens (including phenoxy) is 2. The molecule has 7 aromatic rings. The third kappa shape index (κ3) is 7.60. The number of nitrogens with zero attached hydrogens (tertiary/aromatic N) is 4. The van der Waals surface area contributed by atoms with E-state index in [-0.39, 0.29) is 0 Å². The molecule has 0 fully saturated rings. The molecule has 3 heterocycles. The molecule has 0 bridgehead atoms. The van der Waals surface area contributed by atoms with Crippen LogP contribution in [0, 0.1) is 13.8 Å². The molecule has 7 heteroatoms. The Kier molecular flexibility index (Phi) is 11.0. The van der Waals surface area contributed by atoms with Crippen LogP contribution in [0.25, 0.3) is 22.6 Å². The Morgan fingerprint density at radius 3 is 1.62 bits per heavy atom. The number of anilines is 4. The van der Waals surface area contributed by atoms with Gasteiger partial charge in [0.15, 0.2) is 28.6 Å². The number of hydrogen-bond donors (Lipinski definition) is 0. The Balaban J connectivity index is 0.000000648. The van der Waals surface area contributed by atoms with Crippen LogP contribution in [0.3, 0.4) is 0 Å². The lowest BCUT2D eigenvalue weighted by atomic mass is 10.1. The Bertz CT molecular complexity index is 2860. The molecule has 0 amide bonds. The second-order valence-corrected chi connectivity index (χ2v) is 14.2. The highest BCUT2D eigenvalue weighted by Gasteiger charge is 2.27. The molecule has 1 aromatic heterocycles. The fraction of sp³-hybridized carbons (Fsp3) is 0.0566. The zero-order chi connectivity index (χ0) is 41.8. The van der Waals surface area contributed by atoms with Gasteiger partial charge in [-0.3, -0.25) is 4.99 Å². The van der Waals surface area contributed by atoms with Crippen molar-refractivity contribution in [2.75, 3.05) is 9.80 Å². The third-order valence-electron chi connectivity index (χ3n) is 10.2. The van der Waals surface area contributed by atoms with Gasteiger partial charge in [-0.15, -0.1) is 0 Å². The van der Waals surface area contributed by atoms with Crippen LogP contribution in [0.5, 0.6) is 11.5 Å². The van der Waals surface area contributed by atoms with Gasteiger partial charge in [0.1, 0.15) is 5.52 Å². The predicted molar refractivity (Wildman–Crippen MR) is 247 cm³/mol. The van der Waals surface area contributed by atoms with Crippen molar-refractivity contribution in [1.82, 2.24) is 4.98 Å². The van der Waals surface area contributed by atoms with Crippen molar-refractivity contribution in [3.05, 3.63) is 230 Å². The van der Waals surface area contributed by atoms with Crippen molar-refractivity contribution >= 4 is 45.2 Å². The normalized spacial score (nSPS) is 13.3. The molecule has 9 rings (SSSR count). The summed E-state index contributed by atoms with van der Waals surface area (Å²) in [6, 6.07) is 46.5. The van der Waals surface area contributed by atoms with E-state index in [9.17, 15) is 0 Å². The maximum Gasteiger partial charge on any atom is 0.227 e. The van der Waals surface area contributed by atoms with E-state index < -0.39 is 0 Å². The van der Waals surface area contributed by atoms with Crippen molar-refractivity contribution in [3.8, 4) is 23.0 Å². The van der Waals surface area contributed by atoms with Crippen LogP contribution in [-0.4, -0.2) is 10.7 Å². The first-order chi connectivity index (χ1) is 29.3. The predicted octanol–water partition coefficient (Wildman–Crippen LogP) is 14.2. The van der Waals surface area contributed by atoms with E-state index in [1.54, 1.807) is 24.3 Å². The van der Waals surface area contributed by atoms with E-state index in [0.717, 1.165) is 79.2 Å². The molecule has 2 aliphatic rings. The first-order valence-corrected chi connectivity index (χ1v) is 19.6. The standard InChI is InChI=1S/C46H36N4O3.C7H8/c1-7-37-41(9-3)51-43-17-13-11-15-39(43)49(37)33-23-19-31(20-24-33)30(6)47-35-28-45-36(27-29(35)5)48-46(53-45)32-21-25-34(26-22-32)50-38(8-2)42(10-4)52-44-18-14-12-16-40(44)50;1-7-5-3-2-4-6-7/h7-28H,1-4H2,5-6H3;2-6H,1H3. The van der Waals surface area contributed by atoms with Gasteiger partial charge in [-0.1, -0.05) is 98.6 Å². The topological polar surface area (TPSA) is 63.3 Å². The van der Waals surface area contributed by atoms with Gasteiger partial charge >= 0.3 is 0 Å².